The predicted octanol–water partition coefficient (Wildman–Crippen LogP) is 4.29. The minimum atomic E-state index is -4.54. The molecule has 3 amide bonds. The number of fused-ring (bicyclic) bond motifs is 2. The van der Waals surface area contributed by atoms with E-state index < -0.39 is 125 Å². The van der Waals surface area contributed by atoms with Gasteiger partial charge in [-0.05, 0) is 88.4 Å². The summed E-state index contributed by atoms with van der Waals surface area (Å²) < 4.78 is 55.4. The molecule has 2 aromatic carbocycles. The highest BCUT2D eigenvalue weighted by atomic mass is 32.2. The van der Waals surface area contributed by atoms with E-state index in [1.54, 1.807) is 34.6 Å². The highest BCUT2D eigenvalue weighted by Gasteiger charge is 2.44. The lowest BCUT2D eigenvalue weighted by molar-refractivity contribution is -0.138. The van der Waals surface area contributed by atoms with Gasteiger partial charge in [-0.2, -0.15) is 11.8 Å². The van der Waals surface area contributed by atoms with Crippen LogP contribution in [-0.2, 0) is 51.2 Å². The van der Waals surface area contributed by atoms with E-state index in [-0.39, 0.29) is 30.6 Å². The summed E-state index contributed by atoms with van der Waals surface area (Å²) in [6, 6.07) is 13.0. The maximum atomic E-state index is 13.4. The molecule has 0 bridgehead atoms. The fourth-order valence-corrected chi connectivity index (χ4v) is 13.1. The summed E-state index contributed by atoms with van der Waals surface area (Å²) in [7, 11) is -11.9. The second-order valence-electron chi connectivity index (χ2n) is 18.8. The van der Waals surface area contributed by atoms with Crippen LogP contribution in [-0.4, -0.2) is 141 Å². The fourth-order valence-electron chi connectivity index (χ4n) is 8.08. The van der Waals surface area contributed by atoms with Crippen molar-refractivity contribution < 1.29 is 76.1 Å². The van der Waals surface area contributed by atoms with E-state index in [0.29, 0.717) is 18.8 Å². The predicted molar refractivity (Wildman–Crippen MR) is 279 cm³/mol. The Morgan fingerprint density at radius 1 is 0.740 bits per heavy atom. The Balaban J connectivity index is 0.000000385. The summed E-state index contributed by atoms with van der Waals surface area (Å²) in [5, 5.41) is 34.8. The number of carbonyl (C=O) groups is 5. The van der Waals surface area contributed by atoms with Crippen LogP contribution in [0.2, 0.25) is 0 Å². The van der Waals surface area contributed by atoms with E-state index in [9.17, 15) is 52.3 Å². The Kier molecular flexibility index (Phi) is 25.2. The molecule has 13 N–H and O–H groups in total. The Labute approximate surface area is 431 Å². The van der Waals surface area contributed by atoms with Crippen molar-refractivity contribution in [3.8, 4) is 0 Å². The lowest BCUT2D eigenvalue weighted by atomic mass is 9.94. The number of nitrogens with one attached hydrogen (secondary N) is 6. The first-order valence-electron chi connectivity index (χ1n) is 23.9. The van der Waals surface area contributed by atoms with E-state index in [4.69, 9.17) is 29.5 Å². The molecule has 412 valence electrons. The summed E-state index contributed by atoms with van der Waals surface area (Å²) in [5.74, 6) is -8.42. The van der Waals surface area contributed by atoms with Crippen molar-refractivity contribution in [2.24, 2.45) is 17.6 Å². The molecule has 13 unspecified atom stereocenters. The van der Waals surface area contributed by atoms with Crippen molar-refractivity contribution in [2.45, 2.75) is 134 Å². The van der Waals surface area contributed by atoms with Gasteiger partial charge in [-0.15, -0.1) is 0 Å². The molecule has 13 atom stereocenters. The van der Waals surface area contributed by atoms with E-state index in [0.717, 1.165) is 22.5 Å². The van der Waals surface area contributed by atoms with Crippen LogP contribution in [0, 0.1) is 11.8 Å². The maximum Gasteiger partial charge on any atom is 0.351 e. The average molecular weight is 1110 g/mol. The number of amides is 3. The summed E-state index contributed by atoms with van der Waals surface area (Å²) in [6.45, 7) is 11.4. The number of anilines is 2. The molecule has 0 aliphatic carbocycles. The average Bonchev–Trinajstić information content (AvgIpc) is 3.92. The number of hydrogen-bond acceptors (Lipinski definition) is 17. The Morgan fingerprint density at radius 3 is 1.75 bits per heavy atom. The van der Waals surface area contributed by atoms with Crippen molar-refractivity contribution in [1.82, 2.24) is 21.3 Å². The quantitative estimate of drug-likeness (QED) is 0.0506. The first-order valence-corrected chi connectivity index (χ1v) is 30.3. The molecule has 2 aromatic rings. The molecule has 2 aliphatic rings. The van der Waals surface area contributed by atoms with Crippen LogP contribution in [0.25, 0.3) is 0 Å². The monoisotopic (exact) mass is 1110 g/mol. The van der Waals surface area contributed by atoms with Gasteiger partial charge in [0.2, 0.25) is 17.7 Å². The number of aliphatic hydroxyl groups is 1. The smallest absolute Gasteiger partial charge is 0.351 e. The van der Waals surface area contributed by atoms with E-state index in [1.807, 2.05) is 54.8 Å². The number of ketones is 1. The number of Topliss-reactive ketones (excluding diaryl/α,β-unsaturated/α-hetero) is 1. The topological polar surface area (TPSA) is 364 Å². The minimum absolute atomic E-state index is 0.0848. The molecule has 0 aromatic heterocycles. The van der Waals surface area contributed by atoms with E-state index in [1.165, 1.54) is 32.7 Å². The number of para-hydroxylation sites is 2. The first-order chi connectivity index (χ1) is 34.1. The Hall–Kier alpha value is -3.73. The zero-order valence-corrected chi connectivity index (χ0v) is 46.3. The lowest BCUT2D eigenvalue weighted by Crippen LogP contribution is -2.56. The van der Waals surface area contributed by atoms with Crippen LogP contribution in [0.15, 0.2) is 48.5 Å². The summed E-state index contributed by atoms with van der Waals surface area (Å²) in [5.41, 5.74) is 9.41. The van der Waals surface area contributed by atoms with E-state index in [2.05, 4.69) is 31.9 Å². The molecular formula is C46H76N7O16P3S. The van der Waals surface area contributed by atoms with Gasteiger partial charge in [0.05, 0.1) is 12.7 Å². The Morgan fingerprint density at radius 2 is 1.27 bits per heavy atom. The third-order valence-corrected chi connectivity index (χ3v) is 18.5. The number of benzene rings is 2. The van der Waals surface area contributed by atoms with Gasteiger partial charge >= 0.3 is 28.8 Å². The van der Waals surface area contributed by atoms with Crippen LogP contribution < -0.4 is 37.6 Å². The molecule has 27 heteroatoms. The molecule has 23 nitrogen and oxygen atoms in total. The number of thioether (sulfide) groups is 1. The number of nitrogens with two attached hydrogens (primary N) is 1. The summed E-state index contributed by atoms with van der Waals surface area (Å²) >= 11 is 1.42. The van der Waals surface area contributed by atoms with Gasteiger partial charge in [-0.25, -0.2) is 0 Å². The standard InChI is InChI=1S/C24H39N4O7P.C22H37N3O9P2S/c1-13(2)21(27-22(31)18(25)12-29)23(32)28-24(14(3)4)36(33,34)35-20(15(5)30)10-16-11-26-19-9-7-6-8-17(16)19;1-14(13-37-4)33-35(29,30)15(2)25-22(28)19(9-10-21(26)27)34-36(31,32)20(23-3)11-16-12-24-18-8-6-5-7-17(16)18/h6-9,13-14,16,18,20-21,24,26,29H,10-12,25H2,1-5H3,(H,27,31)(H,28,32)(H,33,34);5-8,14-16,19-20,23-24H,9-13H2,1-4H3,(H,25,28)(H,26,27)(H,29,30)(H,31,32). The van der Waals surface area contributed by atoms with Crippen molar-refractivity contribution in [1.29, 1.82) is 0 Å². The van der Waals surface area contributed by atoms with Gasteiger partial charge in [-0.3, -0.25) is 46.7 Å². The molecule has 0 fully saturated rings. The fraction of sp³-hybridized carbons (Fsp3) is 0.630. The number of aliphatic hydroxyl groups excluding tert-OH is 1. The molecule has 0 spiro atoms. The van der Waals surface area contributed by atoms with Crippen molar-refractivity contribution in [3.05, 3.63) is 59.7 Å². The Bertz CT molecular complexity index is 2330. The van der Waals surface area contributed by atoms with Crippen molar-refractivity contribution in [3.63, 3.8) is 0 Å². The van der Waals surface area contributed by atoms with Crippen LogP contribution in [0.5, 0.6) is 0 Å². The normalized spacial score (nSPS) is 20.7. The molecule has 2 heterocycles. The molecular weight excluding hydrogens is 1030 g/mol. The van der Waals surface area contributed by atoms with Crippen LogP contribution in [0.1, 0.15) is 97.1 Å². The number of carboxylic acids is 1. The number of carbonyl (C=O) groups excluding carboxylic acids is 4. The second kappa shape index (κ2) is 29.0. The zero-order valence-electron chi connectivity index (χ0n) is 42.8. The van der Waals surface area contributed by atoms with Gasteiger partial charge < -0.3 is 67.1 Å². The van der Waals surface area contributed by atoms with Crippen molar-refractivity contribution >= 4 is 75.4 Å². The number of rotatable bonds is 29. The summed E-state index contributed by atoms with van der Waals surface area (Å²) in [6.07, 6.45) is -2.07. The molecule has 0 saturated carbocycles. The molecule has 2 aliphatic heterocycles. The SMILES string of the molecule is CC(=O)C(CC1CNc2ccccc21)OP(=O)(O)C(NC(=O)C(NC(=O)C(N)CO)C(C)C)C(C)C.CNC(CC1CNc2ccccc21)P(=O)(O)OC(CCC(=O)O)C(=O)NC(C)P(=O)(O)OC(C)CSC. The number of aliphatic carboxylic acids is 1. The molecule has 73 heavy (non-hydrogen) atoms. The van der Waals surface area contributed by atoms with Gasteiger partial charge in [0, 0.05) is 48.5 Å². The third-order valence-electron chi connectivity index (χ3n) is 12.2. The van der Waals surface area contributed by atoms with Gasteiger partial charge in [0.1, 0.15) is 41.6 Å². The summed E-state index contributed by atoms with van der Waals surface area (Å²) in [4.78, 5) is 93.7. The molecule has 0 radical (unpaired) electrons. The van der Waals surface area contributed by atoms with Crippen LogP contribution >= 0.6 is 34.5 Å². The number of hydrogen-bond donors (Lipinski definition) is 12. The minimum Gasteiger partial charge on any atom is -0.481 e. The van der Waals surface area contributed by atoms with E-state index >= 15 is 0 Å². The molecule has 4 rings (SSSR count). The third kappa shape index (κ3) is 19.1. The first kappa shape index (κ1) is 63.6. The largest absolute Gasteiger partial charge is 0.481 e. The van der Waals surface area contributed by atoms with Gasteiger partial charge in [0.25, 0.3) is 0 Å². The van der Waals surface area contributed by atoms with Gasteiger partial charge in [0.15, 0.2) is 5.78 Å². The highest BCUT2D eigenvalue weighted by molar-refractivity contribution is 7.98. The van der Waals surface area contributed by atoms with Crippen LogP contribution in [0.3, 0.4) is 0 Å². The maximum absolute atomic E-state index is 13.4. The molecule has 0 saturated heterocycles. The zero-order chi connectivity index (χ0) is 55.0. The number of carboxylic acid groups (broad SMARTS) is 1. The van der Waals surface area contributed by atoms with Crippen molar-refractivity contribution in [2.75, 3.05) is 49.4 Å². The van der Waals surface area contributed by atoms with Gasteiger partial charge in [-0.1, -0.05) is 64.1 Å². The second-order valence-corrected chi connectivity index (χ2v) is 25.7. The lowest BCUT2D eigenvalue weighted by Gasteiger charge is -2.32. The van der Waals surface area contributed by atoms with Crippen LogP contribution in [0.4, 0.5) is 11.4 Å². The highest BCUT2D eigenvalue weighted by Crippen LogP contribution is 2.53.